The standard InChI is InChI=1S/C11H16ClN3O3S/c1-2-9-6-18-4-3-15(9)10-5-8(7-19(16)17)13-11(12)14-10/h5,9H,2-4,6-7H2,1H3,(H,16,17). The Morgan fingerprint density at radius 3 is 3.11 bits per heavy atom. The first-order valence-corrected chi connectivity index (χ1v) is 7.71. The van der Waals surface area contributed by atoms with Crippen molar-refractivity contribution < 1.29 is 13.5 Å². The molecule has 0 amide bonds. The monoisotopic (exact) mass is 305 g/mol. The van der Waals surface area contributed by atoms with Crippen LogP contribution >= 0.6 is 11.6 Å². The van der Waals surface area contributed by atoms with Gasteiger partial charge in [0.15, 0.2) is 11.1 Å². The number of aromatic nitrogens is 2. The van der Waals surface area contributed by atoms with E-state index in [-0.39, 0.29) is 17.1 Å². The molecule has 106 valence electrons. The van der Waals surface area contributed by atoms with Crippen LogP contribution in [0.1, 0.15) is 19.0 Å². The van der Waals surface area contributed by atoms with Crippen LogP contribution in [0.25, 0.3) is 0 Å². The molecule has 0 spiro atoms. The van der Waals surface area contributed by atoms with Crippen molar-refractivity contribution >= 4 is 28.5 Å². The molecule has 1 saturated heterocycles. The molecule has 19 heavy (non-hydrogen) atoms. The smallest absolute Gasteiger partial charge is 0.224 e. The van der Waals surface area contributed by atoms with Gasteiger partial charge in [-0.2, -0.15) is 0 Å². The molecule has 1 N–H and O–H groups in total. The van der Waals surface area contributed by atoms with Crippen molar-refractivity contribution in [3.05, 3.63) is 17.0 Å². The van der Waals surface area contributed by atoms with Crippen LogP contribution < -0.4 is 4.90 Å². The summed E-state index contributed by atoms with van der Waals surface area (Å²) < 4.78 is 25.2. The molecule has 6 nitrogen and oxygen atoms in total. The third kappa shape index (κ3) is 3.85. The normalized spacial score (nSPS) is 21.4. The van der Waals surface area contributed by atoms with Gasteiger partial charge >= 0.3 is 0 Å². The van der Waals surface area contributed by atoms with E-state index in [9.17, 15) is 4.21 Å². The Balaban J connectivity index is 2.27. The van der Waals surface area contributed by atoms with Crippen molar-refractivity contribution in [1.82, 2.24) is 9.97 Å². The maximum atomic E-state index is 10.9. The molecule has 0 bridgehead atoms. The summed E-state index contributed by atoms with van der Waals surface area (Å²) in [5.41, 5.74) is 0.470. The van der Waals surface area contributed by atoms with Crippen LogP contribution in [-0.2, 0) is 21.6 Å². The number of halogens is 1. The summed E-state index contributed by atoms with van der Waals surface area (Å²) in [5, 5.41) is 0.0966. The van der Waals surface area contributed by atoms with Crippen LogP contribution in [0.4, 0.5) is 5.82 Å². The van der Waals surface area contributed by atoms with Crippen molar-refractivity contribution in [1.29, 1.82) is 0 Å². The van der Waals surface area contributed by atoms with Gasteiger partial charge in [0.05, 0.1) is 30.7 Å². The third-order valence-corrected chi connectivity index (χ3v) is 3.71. The summed E-state index contributed by atoms with van der Waals surface area (Å²) in [7, 11) is 0. The Labute approximate surface area is 119 Å². The Morgan fingerprint density at radius 2 is 2.42 bits per heavy atom. The van der Waals surface area contributed by atoms with E-state index in [1.54, 1.807) is 6.07 Å². The summed E-state index contributed by atoms with van der Waals surface area (Å²) >= 11 is 3.94. The van der Waals surface area contributed by atoms with E-state index in [0.717, 1.165) is 13.0 Å². The Morgan fingerprint density at radius 1 is 1.63 bits per heavy atom. The highest BCUT2D eigenvalue weighted by Gasteiger charge is 2.23. The molecule has 1 aromatic rings. The lowest BCUT2D eigenvalue weighted by atomic mass is 10.2. The second-order valence-corrected chi connectivity index (χ2v) is 5.55. The van der Waals surface area contributed by atoms with Crippen LogP contribution in [0, 0.1) is 0 Å². The third-order valence-electron chi connectivity index (χ3n) is 3.00. The van der Waals surface area contributed by atoms with Crippen molar-refractivity contribution in [2.45, 2.75) is 25.1 Å². The fourth-order valence-corrected chi connectivity index (χ4v) is 2.69. The van der Waals surface area contributed by atoms with E-state index in [2.05, 4.69) is 21.8 Å². The number of rotatable bonds is 4. The van der Waals surface area contributed by atoms with E-state index in [4.69, 9.17) is 20.9 Å². The molecule has 0 saturated carbocycles. The minimum absolute atomic E-state index is 0.0453. The van der Waals surface area contributed by atoms with Gasteiger partial charge in [-0.3, -0.25) is 0 Å². The first kappa shape index (κ1) is 14.6. The molecule has 8 heteroatoms. The van der Waals surface area contributed by atoms with Crippen molar-refractivity contribution in [3.63, 3.8) is 0 Å². The topological polar surface area (TPSA) is 75.5 Å². The quantitative estimate of drug-likeness (QED) is 0.670. The molecule has 2 unspecified atom stereocenters. The number of anilines is 1. The van der Waals surface area contributed by atoms with Gasteiger partial charge in [-0.1, -0.05) is 6.92 Å². The zero-order valence-electron chi connectivity index (χ0n) is 10.6. The molecular formula is C11H16ClN3O3S. The second-order valence-electron chi connectivity index (χ2n) is 4.28. The van der Waals surface area contributed by atoms with Gasteiger partial charge in [-0.15, -0.1) is 0 Å². The molecule has 2 heterocycles. The van der Waals surface area contributed by atoms with Gasteiger partial charge in [0.25, 0.3) is 0 Å². The van der Waals surface area contributed by atoms with Gasteiger partial charge in [0.2, 0.25) is 5.28 Å². The summed E-state index contributed by atoms with van der Waals surface area (Å²) in [4.78, 5) is 10.3. The highest BCUT2D eigenvalue weighted by Crippen LogP contribution is 2.21. The number of hydrogen-bond donors (Lipinski definition) is 1. The number of hydrogen-bond acceptors (Lipinski definition) is 5. The maximum Gasteiger partial charge on any atom is 0.224 e. The summed E-state index contributed by atoms with van der Waals surface area (Å²) in [6.07, 6.45) is 0.933. The highest BCUT2D eigenvalue weighted by atomic mass is 35.5. The highest BCUT2D eigenvalue weighted by molar-refractivity contribution is 7.78. The van der Waals surface area contributed by atoms with Gasteiger partial charge < -0.3 is 14.2 Å². The van der Waals surface area contributed by atoms with Crippen molar-refractivity contribution in [3.8, 4) is 0 Å². The number of morpholine rings is 1. The number of nitrogens with zero attached hydrogens (tertiary/aromatic N) is 3. The lowest BCUT2D eigenvalue weighted by Crippen LogP contribution is -2.45. The number of ether oxygens (including phenoxy) is 1. The van der Waals surface area contributed by atoms with E-state index >= 15 is 0 Å². The molecule has 1 aromatic heterocycles. The zero-order valence-corrected chi connectivity index (χ0v) is 12.2. The minimum atomic E-state index is -1.94. The molecule has 1 fully saturated rings. The fraction of sp³-hybridized carbons (Fsp3) is 0.636. The maximum absolute atomic E-state index is 10.9. The molecule has 1 aliphatic heterocycles. The fourth-order valence-electron chi connectivity index (χ4n) is 2.09. The predicted molar refractivity (Wildman–Crippen MR) is 73.8 cm³/mol. The van der Waals surface area contributed by atoms with Gasteiger partial charge in [-0.25, -0.2) is 14.2 Å². The Kier molecular flexibility index (Phi) is 5.09. The van der Waals surface area contributed by atoms with E-state index in [1.165, 1.54) is 0 Å². The van der Waals surface area contributed by atoms with Crippen LogP contribution in [0.2, 0.25) is 5.28 Å². The van der Waals surface area contributed by atoms with Crippen LogP contribution in [-0.4, -0.2) is 44.5 Å². The summed E-state index contributed by atoms with van der Waals surface area (Å²) in [6.45, 7) is 4.10. The van der Waals surface area contributed by atoms with E-state index < -0.39 is 11.1 Å². The second kappa shape index (κ2) is 6.60. The summed E-state index contributed by atoms with van der Waals surface area (Å²) in [5.74, 6) is 0.645. The van der Waals surface area contributed by atoms with Crippen LogP contribution in [0.15, 0.2) is 6.07 Å². The Hall–Kier alpha value is -0.760. The zero-order chi connectivity index (χ0) is 13.8. The van der Waals surface area contributed by atoms with Crippen LogP contribution in [0.3, 0.4) is 0 Å². The first-order chi connectivity index (χ1) is 9.10. The molecule has 0 radical (unpaired) electrons. The average molecular weight is 306 g/mol. The lowest BCUT2D eigenvalue weighted by molar-refractivity contribution is 0.0925. The molecular weight excluding hydrogens is 290 g/mol. The minimum Gasteiger partial charge on any atom is -0.377 e. The van der Waals surface area contributed by atoms with Gasteiger partial charge in [-0.05, 0) is 18.0 Å². The predicted octanol–water partition coefficient (Wildman–Crippen LogP) is 1.47. The lowest BCUT2D eigenvalue weighted by Gasteiger charge is -2.36. The van der Waals surface area contributed by atoms with Crippen molar-refractivity contribution in [2.75, 3.05) is 24.7 Å². The molecule has 2 atom stereocenters. The largest absolute Gasteiger partial charge is 0.377 e. The molecule has 0 aromatic carbocycles. The SMILES string of the molecule is CCC1COCCN1c1cc(CS(=O)O)nc(Cl)n1. The van der Waals surface area contributed by atoms with Gasteiger partial charge in [0, 0.05) is 12.6 Å². The molecule has 1 aliphatic rings. The summed E-state index contributed by atoms with van der Waals surface area (Å²) in [6, 6.07) is 1.96. The Bertz CT molecular complexity index is 474. The van der Waals surface area contributed by atoms with Crippen molar-refractivity contribution in [2.24, 2.45) is 0 Å². The van der Waals surface area contributed by atoms with E-state index in [1.807, 2.05) is 0 Å². The molecule has 0 aliphatic carbocycles. The van der Waals surface area contributed by atoms with Crippen LogP contribution in [0.5, 0.6) is 0 Å². The van der Waals surface area contributed by atoms with E-state index in [0.29, 0.717) is 24.7 Å². The first-order valence-electron chi connectivity index (χ1n) is 6.05. The van der Waals surface area contributed by atoms with Gasteiger partial charge in [0.1, 0.15) is 5.82 Å². The molecule has 2 rings (SSSR count). The average Bonchev–Trinajstić information content (AvgIpc) is 2.37.